The van der Waals surface area contributed by atoms with Crippen LogP contribution >= 0.6 is 0 Å². The van der Waals surface area contributed by atoms with E-state index in [1.165, 1.54) is 0 Å². The minimum atomic E-state index is -0.360. The highest BCUT2D eigenvalue weighted by molar-refractivity contribution is 6.45. The van der Waals surface area contributed by atoms with E-state index in [0.717, 1.165) is 38.4 Å². The van der Waals surface area contributed by atoms with E-state index in [-0.39, 0.29) is 41.1 Å². The molecule has 2 aliphatic rings. The lowest BCUT2D eigenvalue weighted by Gasteiger charge is -2.46. The van der Waals surface area contributed by atoms with E-state index in [1.54, 1.807) is 0 Å². The van der Waals surface area contributed by atoms with Crippen LogP contribution in [0.2, 0.25) is 6.32 Å². The third kappa shape index (κ3) is 4.93. The van der Waals surface area contributed by atoms with Crippen molar-refractivity contribution in [2.75, 3.05) is 6.54 Å². The monoisotopic (exact) mass is 394 g/mol. The van der Waals surface area contributed by atoms with Crippen molar-refractivity contribution < 1.29 is 14.1 Å². The summed E-state index contributed by atoms with van der Waals surface area (Å²) < 4.78 is 12.3. The molecule has 162 valence electrons. The molecule has 28 heavy (non-hydrogen) atoms. The first-order valence-corrected chi connectivity index (χ1v) is 11.1. The Morgan fingerprint density at radius 1 is 1.14 bits per heavy atom. The van der Waals surface area contributed by atoms with Gasteiger partial charge in [-0.3, -0.25) is 4.79 Å². The molecule has 0 aromatic carbocycles. The highest BCUT2D eigenvalue weighted by Crippen LogP contribution is 2.48. The van der Waals surface area contributed by atoms with Crippen LogP contribution in [0, 0.1) is 17.3 Å². The van der Waals surface area contributed by atoms with Crippen LogP contribution in [0.1, 0.15) is 87.5 Å². The Kier molecular flexibility index (Phi) is 7.00. The van der Waals surface area contributed by atoms with Gasteiger partial charge in [0.25, 0.3) is 0 Å². The van der Waals surface area contributed by atoms with Crippen LogP contribution in [0.25, 0.3) is 0 Å². The Bertz CT molecular complexity index is 542. The number of nitrogens with one attached hydrogen (secondary N) is 1. The molecule has 0 aromatic rings. The number of amides is 1. The molecule has 1 aliphatic heterocycles. The molecule has 2 unspecified atom stereocenters. The Balaban J connectivity index is 2.05. The molecule has 2 fully saturated rings. The summed E-state index contributed by atoms with van der Waals surface area (Å²) in [6.45, 7) is 17.2. The molecule has 0 bridgehead atoms. The zero-order valence-corrected chi connectivity index (χ0v) is 19.5. The van der Waals surface area contributed by atoms with Crippen molar-refractivity contribution in [1.82, 2.24) is 5.32 Å². The van der Waals surface area contributed by atoms with Crippen molar-refractivity contribution in [3.05, 3.63) is 0 Å². The van der Waals surface area contributed by atoms with E-state index in [0.29, 0.717) is 12.5 Å². The highest BCUT2D eigenvalue weighted by Gasteiger charge is 2.52. The van der Waals surface area contributed by atoms with Gasteiger partial charge < -0.3 is 20.4 Å². The van der Waals surface area contributed by atoms with Crippen LogP contribution in [0.5, 0.6) is 0 Å². The lowest BCUT2D eigenvalue weighted by Crippen LogP contribution is -2.55. The third-order valence-electron chi connectivity index (χ3n) is 7.33. The molecule has 3 atom stereocenters. The van der Waals surface area contributed by atoms with Gasteiger partial charge in [-0.25, -0.2) is 0 Å². The van der Waals surface area contributed by atoms with Crippen LogP contribution in [0.3, 0.4) is 0 Å². The van der Waals surface area contributed by atoms with E-state index in [2.05, 4.69) is 39.9 Å². The van der Waals surface area contributed by atoms with Crippen LogP contribution in [0.15, 0.2) is 0 Å². The van der Waals surface area contributed by atoms with E-state index in [1.807, 2.05) is 20.8 Å². The zero-order chi connectivity index (χ0) is 21.4. The summed E-state index contributed by atoms with van der Waals surface area (Å²) >= 11 is 0. The molecule has 0 radical (unpaired) electrons. The van der Waals surface area contributed by atoms with E-state index < -0.39 is 0 Å². The molecule has 1 aliphatic carbocycles. The number of carbonyl (C=O) groups excluding carboxylic acids is 1. The standard InChI is InChI=1S/C22H43BN2O3/c1-9-22(18(26)25-19(2,3)4)14-16(10-11-17(22)15-24)12-13-23-27-20(5,6)21(7,8)28-23/h16-17H,9-15,24H2,1-8H3,(H,25,26)/t16-,17?,22?/m0/s1. The first kappa shape index (κ1) is 23.7. The van der Waals surface area contributed by atoms with E-state index in [9.17, 15) is 4.79 Å². The van der Waals surface area contributed by atoms with Crippen molar-refractivity contribution in [2.24, 2.45) is 23.0 Å². The van der Waals surface area contributed by atoms with Gasteiger partial charge in [0, 0.05) is 5.54 Å². The zero-order valence-electron chi connectivity index (χ0n) is 19.5. The van der Waals surface area contributed by atoms with E-state index >= 15 is 0 Å². The first-order valence-electron chi connectivity index (χ1n) is 11.1. The molecule has 1 amide bonds. The van der Waals surface area contributed by atoms with Gasteiger partial charge in [-0.15, -0.1) is 0 Å². The average molecular weight is 394 g/mol. The molecule has 1 heterocycles. The summed E-state index contributed by atoms with van der Waals surface area (Å²) in [7, 11) is -0.156. The van der Waals surface area contributed by atoms with Crippen LogP contribution in [0.4, 0.5) is 0 Å². The highest BCUT2D eigenvalue weighted by atomic mass is 16.7. The maximum atomic E-state index is 13.3. The topological polar surface area (TPSA) is 73.6 Å². The fourth-order valence-corrected chi connectivity index (χ4v) is 4.88. The minimum Gasteiger partial charge on any atom is -0.403 e. The largest absolute Gasteiger partial charge is 0.457 e. The SMILES string of the molecule is CCC1(C(=O)NC(C)(C)C)C[C@H](CCB2OC(C)(C)C(C)(C)O2)CCC1CN. The van der Waals surface area contributed by atoms with Crippen molar-refractivity contribution in [3.8, 4) is 0 Å². The van der Waals surface area contributed by atoms with E-state index in [4.69, 9.17) is 15.0 Å². The van der Waals surface area contributed by atoms with Gasteiger partial charge in [-0.2, -0.15) is 0 Å². The second-order valence-electron chi connectivity index (χ2n) is 11.1. The summed E-state index contributed by atoms with van der Waals surface area (Å²) in [5.41, 5.74) is 4.96. The lowest BCUT2D eigenvalue weighted by atomic mass is 9.59. The number of rotatable bonds is 6. The second kappa shape index (κ2) is 8.27. The lowest BCUT2D eigenvalue weighted by molar-refractivity contribution is -0.140. The van der Waals surface area contributed by atoms with Gasteiger partial charge >= 0.3 is 7.12 Å². The molecule has 5 nitrogen and oxygen atoms in total. The summed E-state index contributed by atoms with van der Waals surface area (Å²) in [6.07, 6.45) is 5.81. The predicted molar refractivity (Wildman–Crippen MR) is 116 cm³/mol. The number of hydrogen-bond donors (Lipinski definition) is 2. The van der Waals surface area contributed by atoms with Gasteiger partial charge in [0.05, 0.1) is 16.6 Å². The molecule has 2 rings (SSSR count). The molecule has 3 N–H and O–H groups in total. The first-order chi connectivity index (χ1) is 12.8. The molecular formula is C22H43BN2O3. The van der Waals surface area contributed by atoms with Crippen molar-refractivity contribution in [2.45, 2.75) is 111 Å². The van der Waals surface area contributed by atoms with Gasteiger partial charge in [0.1, 0.15) is 0 Å². The van der Waals surface area contributed by atoms with Gasteiger partial charge in [-0.05, 0) is 92.4 Å². The van der Waals surface area contributed by atoms with Gasteiger partial charge in [-0.1, -0.05) is 19.8 Å². The fraction of sp³-hybridized carbons (Fsp3) is 0.955. The fourth-order valence-electron chi connectivity index (χ4n) is 4.88. The molecule has 6 heteroatoms. The summed E-state index contributed by atoms with van der Waals surface area (Å²) in [5, 5.41) is 3.24. The Morgan fingerprint density at radius 3 is 2.18 bits per heavy atom. The van der Waals surface area contributed by atoms with Crippen LogP contribution in [-0.2, 0) is 14.1 Å². The Hall–Kier alpha value is -0.585. The second-order valence-corrected chi connectivity index (χ2v) is 11.1. The Morgan fingerprint density at radius 2 is 1.71 bits per heavy atom. The Labute approximate surface area is 173 Å². The quantitative estimate of drug-likeness (QED) is 0.664. The minimum absolute atomic E-state index is 0.156. The smallest absolute Gasteiger partial charge is 0.403 e. The van der Waals surface area contributed by atoms with Gasteiger partial charge in [0.15, 0.2) is 0 Å². The third-order valence-corrected chi connectivity index (χ3v) is 7.33. The molecule has 0 aromatic heterocycles. The maximum Gasteiger partial charge on any atom is 0.457 e. The van der Waals surface area contributed by atoms with Crippen molar-refractivity contribution in [3.63, 3.8) is 0 Å². The number of hydrogen-bond acceptors (Lipinski definition) is 4. The predicted octanol–water partition coefficient (Wildman–Crippen LogP) is 4.15. The number of nitrogens with two attached hydrogens (primary N) is 1. The normalized spacial score (nSPS) is 32.4. The number of carbonyl (C=O) groups is 1. The molecule has 0 spiro atoms. The van der Waals surface area contributed by atoms with Crippen LogP contribution < -0.4 is 11.1 Å². The maximum absolute atomic E-state index is 13.3. The molecule has 1 saturated carbocycles. The molecular weight excluding hydrogens is 351 g/mol. The summed E-state index contributed by atoms with van der Waals surface area (Å²) in [6, 6.07) is 0. The van der Waals surface area contributed by atoms with Crippen LogP contribution in [-0.4, -0.2) is 36.3 Å². The van der Waals surface area contributed by atoms with Gasteiger partial charge in [0.2, 0.25) is 5.91 Å². The summed E-state index contributed by atoms with van der Waals surface area (Å²) in [4.78, 5) is 13.3. The molecule has 1 saturated heterocycles. The van der Waals surface area contributed by atoms with Crippen molar-refractivity contribution in [1.29, 1.82) is 0 Å². The van der Waals surface area contributed by atoms with Crippen molar-refractivity contribution >= 4 is 13.0 Å². The summed E-state index contributed by atoms with van der Waals surface area (Å²) in [5.74, 6) is 0.943. The average Bonchev–Trinajstić information content (AvgIpc) is 2.78.